The minimum absolute atomic E-state index is 0.0100. The molecule has 0 aromatic heterocycles. The molecule has 0 bridgehead atoms. The van der Waals surface area contributed by atoms with E-state index >= 15 is 0 Å². The van der Waals surface area contributed by atoms with Crippen LogP contribution in [0.3, 0.4) is 0 Å². The lowest BCUT2D eigenvalue weighted by Gasteiger charge is -2.20. The van der Waals surface area contributed by atoms with Gasteiger partial charge in [0, 0.05) is 16.7 Å². The quantitative estimate of drug-likeness (QED) is 0.790. The van der Waals surface area contributed by atoms with Gasteiger partial charge in [-0.25, -0.2) is 0 Å². The van der Waals surface area contributed by atoms with E-state index in [1.54, 1.807) is 4.90 Å². The second-order valence-corrected chi connectivity index (χ2v) is 4.81. The van der Waals surface area contributed by atoms with Crippen molar-refractivity contribution in [2.45, 2.75) is 20.3 Å². The van der Waals surface area contributed by atoms with Crippen molar-refractivity contribution in [3.05, 3.63) is 32.9 Å². The Kier molecular flexibility index (Phi) is 5.42. The summed E-state index contributed by atoms with van der Waals surface area (Å²) in [6.45, 7) is 5.04. The van der Waals surface area contributed by atoms with E-state index in [9.17, 15) is 4.79 Å². The number of halogens is 1. The van der Waals surface area contributed by atoms with Gasteiger partial charge in [0.1, 0.15) is 0 Å². The summed E-state index contributed by atoms with van der Waals surface area (Å²) in [4.78, 5) is 14.0. The van der Waals surface area contributed by atoms with Crippen molar-refractivity contribution in [2.24, 2.45) is 0 Å². The van der Waals surface area contributed by atoms with Crippen molar-refractivity contribution in [3.63, 3.8) is 0 Å². The number of carbonyl (C=O) groups excluding carboxylic acids is 1. The number of hydrogen-bond donors (Lipinski definition) is 0. The zero-order chi connectivity index (χ0) is 12.8. The maximum atomic E-state index is 12.3. The van der Waals surface area contributed by atoms with E-state index in [1.165, 1.54) is 0 Å². The van der Waals surface area contributed by atoms with Gasteiger partial charge in [-0.2, -0.15) is 5.26 Å². The number of rotatable bonds is 4. The van der Waals surface area contributed by atoms with Crippen LogP contribution in [0.5, 0.6) is 0 Å². The first-order valence-corrected chi connectivity index (χ1v) is 6.61. The molecule has 0 aliphatic carbocycles. The Hall–Kier alpha value is -1.09. The van der Waals surface area contributed by atoms with Crippen LogP contribution in [0.25, 0.3) is 0 Å². The van der Waals surface area contributed by atoms with Crippen LogP contribution in [0, 0.1) is 21.8 Å². The number of aryl methyl sites for hydroxylation is 1. The molecular formula is C13H15IN2O. The van der Waals surface area contributed by atoms with Crippen LogP contribution in [0.15, 0.2) is 18.2 Å². The highest BCUT2D eigenvalue weighted by molar-refractivity contribution is 14.1. The molecule has 0 N–H and O–H groups in total. The minimum atomic E-state index is 0.0100. The Balaban J connectivity index is 2.94. The van der Waals surface area contributed by atoms with Crippen molar-refractivity contribution in [1.29, 1.82) is 5.26 Å². The van der Waals surface area contributed by atoms with Crippen molar-refractivity contribution in [3.8, 4) is 6.07 Å². The van der Waals surface area contributed by atoms with Crippen LogP contribution in [0.4, 0.5) is 0 Å². The summed E-state index contributed by atoms with van der Waals surface area (Å²) < 4.78 is 0.991. The van der Waals surface area contributed by atoms with Crippen molar-refractivity contribution >= 4 is 28.5 Å². The third-order valence-corrected chi connectivity index (χ3v) is 4.02. The number of nitriles is 1. The first-order chi connectivity index (χ1) is 8.11. The van der Waals surface area contributed by atoms with Crippen LogP contribution < -0.4 is 0 Å². The largest absolute Gasteiger partial charge is 0.338 e. The summed E-state index contributed by atoms with van der Waals surface area (Å²) in [6, 6.07) is 7.79. The summed E-state index contributed by atoms with van der Waals surface area (Å²) in [6.07, 6.45) is 0.377. The van der Waals surface area contributed by atoms with Crippen LogP contribution in [0.2, 0.25) is 0 Å². The Bertz CT molecular complexity index is 451. The van der Waals surface area contributed by atoms with Gasteiger partial charge in [0.05, 0.1) is 18.1 Å². The van der Waals surface area contributed by atoms with Gasteiger partial charge in [-0.05, 0) is 48.1 Å². The van der Waals surface area contributed by atoms with E-state index in [-0.39, 0.29) is 5.91 Å². The lowest BCUT2D eigenvalue weighted by Crippen LogP contribution is -2.32. The maximum absolute atomic E-state index is 12.3. The van der Waals surface area contributed by atoms with Gasteiger partial charge in [0.15, 0.2) is 0 Å². The molecule has 1 aromatic rings. The zero-order valence-corrected chi connectivity index (χ0v) is 12.2. The van der Waals surface area contributed by atoms with Crippen LogP contribution in [-0.2, 0) is 0 Å². The highest BCUT2D eigenvalue weighted by Crippen LogP contribution is 2.18. The fraction of sp³-hybridized carbons (Fsp3) is 0.385. The van der Waals surface area contributed by atoms with Gasteiger partial charge >= 0.3 is 0 Å². The molecule has 0 unspecified atom stereocenters. The molecule has 0 saturated carbocycles. The van der Waals surface area contributed by atoms with Gasteiger partial charge in [0.25, 0.3) is 5.91 Å². The molecule has 17 heavy (non-hydrogen) atoms. The minimum Gasteiger partial charge on any atom is -0.338 e. The van der Waals surface area contributed by atoms with Gasteiger partial charge in [-0.1, -0.05) is 12.1 Å². The fourth-order valence-electron chi connectivity index (χ4n) is 1.57. The summed E-state index contributed by atoms with van der Waals surface area (Å²) in [5.74, 6) is 0.0100. The normalized spacial score (nSPS) is 9.76. The Morgan fingerprint density at radius 1 is 1.53 bits per heavy atom. The predicted octanol–water partition coefficient (Wildman–Crippen LogP) is 2.98. The van der Waals surface area contributed by atoms with E-state index in [0.717, 1.165) is 14.7 Å². The predicted molar refractivity (Wildman–Crippen MR) is 75.7 cm³/mol. The van der Waals surface area contributed by atoms with E-state index in [2.05, 4.69) is 28.7 Å². The van der Waals surface area contributed by atoms with Gasteiger partial charge < -0.3 is 4.90 Å². The molecule has 1 aromatic carbocycles. The summed E-state index contributed by atoms with van der Waals surface area (Å²) in [5.41, 5.74) is 1.83. The first-order valence-electron chi connectivity index (χ1n) is 5.53. The Morgan fingerprint density at radius 2 is 2.24 bits per heavy atom. The number of carbonyl (C=O) groups is 1. The topological polar surface area (TPSA) is 44.1 Å². The van der Waals surface area contributed by atoms with Crippen molar-refractivity contribution < 1.29 is 4.79 Å². The number of hydrogen-bond acceptors (Lipinski definition) is 2. The van der Waals surface area contributed by atoms with E-state index < -0.39 is 0 Å². The third-order valence-electron chi connectivity index (χ3n) is 2.58. The van der Waals surface area contributed by atoms with Crippen molar-refractivity contribution in [1.82, 2.24) is 4.90 Å². The van der Waals surface area contributed by atoms with Crippen LogP contribution >= 0.6 is 22.6 Å². The lowest BCUT2D eigenvalue weighted by atomic mass is 10.1. The van der Waals surface area contributed by atoms with Crippen LogP contribution in [-0.4, -0.2) is 23.9 Å². The summed E-state index contributed by atoms with van der Waals surface area (Å²) >= 11 is 2.20. The maximum Gasteiger partial charge on any atom is 0.254 e. The van der Waals surface area contributed by atoms with Gasteiger partial charge in [0.2, 0.25) is 0 Å². The molecule has 0 atom stereocenters. The van der Waals surface area contributed by atoms with E-state index in [0.29, 0.717) is 19.5 Å². The average Bonchev–Trinajstić information content (AvgIpc) is 2.33. The molecule has 1 rings (SSSR count). The first kappa shape index (κ1) is 14.0. The standard InChI is InChI=1S/C13H15IN2O/c1-3-16(9-5-8-15)13(17)11-7-4-6-10(2)12(11)14/h4,6-7H,3,5,9H2,1-2H3. The number of benzene rings is 1. The molecular weight excluding hydrogens is 327 g/mol. The second-order valence-electron chi connectivity index (χ2n) is 3.73. The average molecular weight is 342 g/mol. The molecule has 0 aliphatic rings. The van der Waals surface area contributed by atoms with E-state index in [1.807, 2.05) is 32.0 Å². The summed E-state index contributed by atoms with van der Waals surface area (Å²) in [5, 5.41) is 8.57. The van der Waals surface area contributed by atoms with Crippen LogP contribution in [0.1, 0.15) is 29.3 Å². The SMILES string of the molecule is CCN(CCC#N)C(=O)c1cccc(C)c1I. The molecule has 90 valence electrons. The summed E-state index contributed by atoms with van der Waals surface area (Å²) in [7, 11) is 0. The van der Waals surface area contributed by atoms with E-state index in [4.69, 9.17) is 5.26 Å². The number of amides is 1. The fourth-order valence-corrected chi connectivity index (χ4v) is 2.16. The van der Waals surface area contributed by atoms with Gasteiger partial charge in [-0.15, -0.1) is 0 Å². The molecule has 0 spiro atoms. The van der Waals surface area contributed by atoms with Gasteiger partial charge in [-0.3, -0.25) is 4.79 Å². The van der Waals surface area contributed by atoms with Crippen molar-refractivity contribution in [2.75, 3.05) is 13.1 Å². The Labute approximate surface area is 116 Å². The zero-order valence-electron chi connectivity index (χ0n) is 10.0. The molecule has 0 aliphatic heterocycles. The molecule has 0 radical (unpaired) electrons. The monoisotopic (exact) mass is 342 g/mol. The molecule has 3 nitrogen and oxygen atoms in total. The highest BCUT2D eigenvalue weighted by Gasteiger charge is 2.16. The smallest absolute Gasteiger partial charge is 0.254 e. The molecule has 0 heterocycles. The molecule has 1 amide bonds. The number of nitrogens with zero attached hydrogens (tertiary/aromatic N) is 2. The molecule has 4 heteroatoms. The highest BCUT2D eigenvalue weighted by atomic mass is 127. The Morgan fingerprint density at radius 3 is 2.82 bits per heavy atom. The third kappa shape index (κ3) is 3.43. The molecule has 0 fully saturated rings. The molecule has 0 saturated heterocycles. The lowest BCUT2D eigenvalue weighted by molar-refractivity contribution is 0.0766. The second kappa shape index (κ2) is 6.60.